The van der Waals surface area contributed by atoms with Gasteiger partial charge in [-0.15, -0.1) is 0 Å². The van der Waals surface area contributed by atoms with E-state index in [1.165, 1.54) is 0 Å². The van der Waals surface area contributed by atoms with Gasteiger partial charge in [-0.1, -0.05) is 17.7 Å². The van der Waals surface area contributed by atoms with Crippen molar-refractivity contribution in [2.24, 2.45) is 0 Å². The van der Waals surface area contributed by atoms with Gasteiger partial charge in [0.1, 0.15) is 11.6 Å². The predicted molar refractivity (Wildman–Crippen MR) is 76.0 cm³/mol. The second-order valence-electron chi connectivity index (χ2n) is 4.14. The molecule has 0 unspecified atom stereocenters. The van der Waals surface area contributed by atoms with Crippen molar-refractivity contribution in [2.45, 2.75) is 6.92 Å². The molecule has 2 aromatic heterocycles. The van der Waals surface area contributed by atoms with Crippen LogP contribution >= 0.6 is 11.6 Å². The normalized spacial score (nSPS) is 10.9. The lowest BCUT2D eigenvalue weighted by Crippen LogP contribution is -2.01. The van der Waals surface area contributed by atoms with E-state index in [9.17, 15) is 0 Å². The molecule has 1 aromatic carbocycles. The first-order chi connectivity index (χ1) is 9.19. The second-order valence-corrected chi connectivity index (χ2v) is 4.58. The minimum Gasteiger partial charge on any atom is -0.372 e. The highest BCUT2D eigenvalue weighted by Gasteiger charge is 2.11. The monoisotopic (exact) mass is 273 g/mol. The first-order valence-electron chi connectivity index (χ1n) is 5.85. The molecule has 0 amide bonds. The van der Waals surface area contributed by atoms with Gasteiger partial charge in [0, 0.05) is 12.1 Å². The number of fused-ring (bicyclic) bond motifs is 1. The smallest absolute Gasteiger partial charge is 0.168 e. The Bertz CT molecular complexity index is 750. The first-order valence-corrected chi connectivity index (χ1v) is 6.23. The lowest BCUT2D eigenvalue weighted by molar-refractivity contribution is 0.890. The third kappa shape index (κ3) is 2.02. The fraction of sp³-hybridized carbons (Fsp3) is 0.154. The molecule has 0 spiro atoms. The molecule has 0 bridgehead atoms. The highest BCUT2D eigenvalue weighted by molar-refractivity contribution is 6.30. The van der Waals surface area contributed by atoms with Crippen LogP contribution in [-0.2, 0) is 0 Å². The number of nitrogens with one attached hydrogen (secondary N) is 1. The number of aryl methyl sites for hydroxylation is 1. The number of hydrogen-bond acceptors (Lipinski definition) is 4. The molecule has 5 nitrogen and oxygen atoms in total. The maximum Gasteiger partial charge on any atom is 0.168 e. The van der Waals surface area contributed by atoms with Crippen molar-refractivity contribution in [2.75, 3.05) is 12.4 Å². The average molecular weight is 274 g/mol. The molecule has 0 fully saturated rings. The third-order valence-electron chi connectivity index (χ3n) is 2.83. The fourth-order valence-corrected chi connectivity index (χ4v) is 2.19. The van der Waals surface area contributed by atoms with Crippen LogP contribution in [0.15, 0.2) is 30.5 Å². The Balaban J connectivity index is 2.28. The Hall–Kier alpha value is -2.14. The van der Waals surface area contributed by atoms with Crippen molar-refractivity contribution in [3.8, 4) is 5.69 Å². The Labute approximate surface area is 115 Å². The van der Waals surface area contributed by atoms with Crippen LogP contribution in [0.3, 0.4) is 0 Å². The summed E-state index contributed by atoms with van der Waals surface area (Å²) in [6.45, 7) is 1.86. The summed E-state index contributed by atoms with van der Waals surface area (Å²) < 4.78 is 1.76. The fourth-order valence-electron chi connectivity index (χ4n) is 2.00. The van der Waals surface area contributed by atoms with E-state index in [2.05, 4.69) is 20.4 Å². The zero-order valence-corrected chi connectivity index (χ0v) is 11.3. The van der Waals surface area contributed by atoms with E-state index in [1.807, 2.05) is 38.2 Å². The molecule has 0 aliphatic carbocycles. The van der Waals surface area contributed by atoms with E-state index >= 15 is 0 Å². The van der Waals surface area contributed by atoms with Crippen LogP contribution in [0.4, 0.5) is 5.82 Å². The van der Waals surface area contributed by atoms with Crippen LogP contribution < -0.4 is 5.32 Å². The van der Waals surface area contributed by atoms with Gasteiger partial charge in [0.2, 0.25) is 0 Å². The van der Waals surface area contributed by atoms with E-state index in [1.54, 1.807) is 10.9 Å². The van der Waals surface area contributed by atoms with Gasteiger partial charge >= 0.3 is 0 Å². The lowest BCUT2D eigenvalue weighted by Gasteiger charge is -2.05. The van der Waals surface area contributed by atoms with Gasteiger partial charge in [0.25, 0.3) is 0 Å². The molecule has 0 saturated heterocycles. The number of anilines is 1. The van der Waals surface area contributed by atoms with Gasteiger partial charge in [-0.2, -0.15) is 5.10 Å². The molecule has 0 aliphatic rings. The number of hydrogen-bond donors (Lipinski definition) is 1. The zero-order valence-electron chi connectivity index (χ0n) is 10.6. The summed E-state index contributed by atoms with van der Waals surface area (Å²) in [6, 6.07) is 7.51. The quantitative estimate of drug-likeness (QED) is 0.780. The van der Waals surface area contributed by atoms with Gasteiger partial charge < -0.3 is 5.32 Å². The number of rotatable bonds is 2. The molecule has 1 N–H and O–H groups in total. The molecule has 2 heterocycles. The Morgan fingerprint density at radius 3 is 2.84 bits per heavy atom. The average Bonchev–Trinajstić information content (AvgIpc) is 2.81. The molecular formula is C13H12ClN5. The van der Waals surface area contributed by atoms with Crippen molar-refractivity contribution in [3.63, 3.8) is 0 Å². The van der Waals surface area contributed by atoms with E-state index < -0.39 is 0 Å². The van der Waals surface area contributed by atoms with E-state index in [4.69, 9.17) is 11.6 Å². The third-order valence-corrected chi connectivity index (χ3v) is 3.06. The van der Waals surface area contributed by atoms with E-state index in [0.29, 0.717) is 10.8 Å². The summed E-state index contributed by atoms with van der Waals surface area (Å²) in [7, 11) is 1.83. The highest BCUT2D eigenvalue weighted by atomic mass is 35.5. The van der Waals surface area contributed by atoms with Crippen LogP contribution in [0.2, 0.25) is 5.02 Å². The van der Waals surface area contributed by atoms with Crippen LogP contribution in [-0.4, -0.2) is 26.8 Å². The molecule has 3 aromatic rings. The Morgan fingerprint density at radius 2 is 2.11 bits per heavy atom. The molecule has 0 saturated carbocycles. The number of benzene rings is 1. The SMILES string of the molecule is CNc1nc(C)nc2c1cnn2-c1cccc(Cl)c1. The zero-order chi connectivity index (χ0) is 13.4. The molecule has 6 heteroatoms. The van der Waals surface area contributed by atoms with Crippen LogP contribution in [0.25, 0.3) is 16.7 Å². The van der Waals surface area contributed by atoms with Gasteiger partial charge in [-0.05, 0) is 25.1 Å². The molecule has 96 valence electrons. The van der Waals surface area contributed by atoms with Gasteiger partial charge in [0.15, 0.2) is 5.65 Å². The number of halogens is 1. The van der Waals surface area contributed by atoms with E-state index in [0.717, 1.165) is 22.5 Å². The summed E-state index contributed by atoms with van der Waals surface area (Å²) in [5.74, 6) is 1.47. The van der Waals surface area contributed by atoms with Crippen molar-refractivity contribution in [3.05, 3.63) is 41.3 Å². The first kappa shape index (κ1) is 11.9. The van der Waals surface area contributed by atoms with Crippen LogP contribution in [0.1, 0.15) is 5.82 Å². The van der Waals surface area contributed by atoms with Gasteiger partial charge in [-0.3, -0.25) is 0 Å². The topological polar surface area (TPSA) is 55.6 Å². The Kier molecular flexibility index (Phi) is 2.83. The molecule has 0 aliphatic heterocycles. The minimum atomic E-state index is 0.667. The number of nitrogens with zero attached hydrogens (tertiary/aromatic N) is 4. The Morgan fingerprint density at radius 1 is 1.26 bits per heavy atom. The largest absolute Gasteiger partial charge is 0.372 e. The number of aromatic nitrogens is 4. The van der Waals surface area contributed by atoms with Crippen molar-refractivity contribution < 1.29 is 0 Å². The minimum absolute atomic E-state index is 0.667. The summed E-state index contributed by atoms with van der Waals surface area (Å²) in [5.41, 5.74) is 1.64. The second kappa shape index (κ2) is 4.51. The van der Waals surface area contributed by atoms with Crippen LogP contribution in [0, 0.1) is 6.92 Å². The standard InChI is InChI=1S/C13H12ClN5/c1-8-17-12(15-2)11-7-16-19(13(11)18-8)10-5-3-4-9(14)6-10/h3-7H,1-2H3,(H,15,17,18). The molecule has 19 heavy (non-hydrogen) atoms. The van der Waals surface area contributed by atoms with Crippen LogP contribution in [0.5, 0.6) is 0 Å². The maximum absolute atomic E-state index is 6.02. The molecule has 0 radical (unpaired) electrons. The molecule has 3 rings (SSSR count). The predicted octanol–water partition coefficient (Wildman–Crippen LogP) is 2.82. The summed E-state index contributed by atoms with van der Waals surface area (Å²) in [6.07, 6.45) is 1.75. The van der Waals surface area contributed by atoms with Crippen molar-refractivity contribution >= 4 is 28.5 Å². The summed E-state index contributed by atoms with van der Waals surface area (Å²) in [5, 5.41) is 8.98. The van der Waals surface area contributed by atoms with Gasteiger partial charge in [-0.25, -0.2) is 14.6 Å². The van der Waals surface area contributed by atoms with Crippen molar-refractivity contribution in [1.29, 1.82) is 0 Å². The summed E-state index contributed by atoms with van der Waals surface area (Å²) in [4.78, 5) is 8.80. The highest BCUT2D eigenvalue weighted by Crippen LogP contribution is 2.23. The summed E-state index contributed by atoms with van der Waals surface area (Å²) >= 11 is 6.02. The molecule has 0 atom stereocenters. The van der Waals surface area contributed by atoms with Crippen molar-refractivity contribution in [1.82, 2.24) is 19.7 Å². The molecular weight excluding hydrogens is 262 g/mol. The maximum atomic E-state index is 6.02. The van der Waals surface area contributed by atoms with Gasteiger partial charge in [0.05, 0.1) is 17.3 Å². The lowest BCUT2D eigenvalue weighted by atomic mass is 10.3. The van der Waals surface area contributed by atoms with E-state index in [-0.39, 0.29) is 0 Å².